The Morgan fingerprint density at radius 2 is 1.76 bits per heavy atom. The zero-order chi connectivity index (χ0) is 24.9. The van der Waals surface area contributed by atoms with E-state index in [2.05, 4.69) is 36.6 Å². The first-order chi connectivity index (χ1) is 16.1. The predicted molar refractivity (Wildman–Crippen MR) is 142 cm³/mol. The second-order valence-electron chi connectivity index (χ2n) is 7.42. The summed E-state index contributed by atoms with van der Waals surface area (Å²) in [6.45, 7) is 4.70. The molecule has 0 spiro atoms. The van der Waals surface area contributed by atoms with Gasteiger partial charge in [0, 0.05) is 15.5 Å². The number of hydrogen-bond donors (Lipinski definition) is 1. The Kier molecular flexibility index (Phi) is 9.03. The molecule has 0 aliphatic heterocycles. The smallest absolute Gasteiger partial charge is 0.261 e. The van der Waals surface area contributed by atoms with Crippen LogP contribution in [0.3, 0.4) is 0 Å². The van der Waals surface area contributed by atoms with Gasteiger partial charge >= 0.3 is 0 Å². The second kappa shape index (κ2) is 11.6. The van der Waals surface area contributed by atoms with Crippen LogP contribution in [0.1, 0.15) is 22.8 Å². The van der Waals surface area contributed by atoms with Crippen molar-refractivity contribution in [3.05, 3.63) is 85.8 Å². The summed E-state index contributed by atoms with van der Waals surface area (Å²) < 4.78 is 35.9. The van der Waals surface area contributed by atoms with Crippen molar-refractivity contribution in [2.75, 3.05) is 24.4 Å². The lowest BCUT2D eigenvalue weighted by Gasteiger charge is -2.22. The summed E-state index contributed by atoms with van der Waals surface area (Å²) in [5.41, 5.74) is 1.42. The lowest BCUT2D eigenvalue weighted by Crippen LogP contribution is -2.34. The van der Waals surface area contributed by atoms with E-state index < -0.39 is 10.0 Å². The van der Waals surface area contributed by atoms with Gasteiger partial charge in [-0.2, -0.15) is 0 Å². The third-order valence-corrected chi connectivity index (χ3v) is 7.87. The van der Waals surface area contributed by atoms with Gasteiger partial charge in [0.25, 0.3) is 15.9 Å². The minimum Gasteiger partial charge on any atom is -0.492 e. The standard InChI is InChI=1S/C24H23Br2ClN2O4S/c1-3-29(12-13-33-18-7-5-17(25)6-8-18)24(30)20-15-19(9-11-22(20)27)34(31,32)28-23-14-16(2)4-10-21(23)26/h4-11,14-15,28H,3,12-13H2,1-2H3. The summed E-state index contributed by atoms with van der Waals surface area (Å²) in [6, 6.07) is 16.8. The van der Waals surface area contributed by atoms with E-state index in [-0.39, 0.29) is 28.0 Å². The van der Waals surface area contributed by atoms with Crippen molar-refractivity contribution in [3.8, 4) is 5.75 Å². The molecule has 0 aliphatic rings. The lowest BCUT2D eigenvalue weighted by molar-refractivity contribution is 0.0739. The minimum atomic E-state index is -3.95. The van der Waals surface area contributed by atoms with Crippen molar-refractivity contribution in [1.29, 1.82) is 0 Å². The number of rotatable bonds is 9. The summed E-state index contributed by atoms with van der Waals surface area (Å²) in [4.78, 5) is 14.7. The van der Waals surface area contributed by atoms with Gasteiger partial charge in [-0.25, -0.2) is 8.42 Å². The van der Waals surface area contributed by atoms with Crippen LogP contribution in [0.4, 0.5) is 5.69 Å². The quantitative estimate of drug-likeness (QED) is 0.292. The van der Waals surface area contributed by atoms with Gasteiger partial charge in [-0.15, -0.1) is 0 Å². The van der Waals surface area contributed by atoms with Gasteiger partial charge in [0.1, 0.15) is 12.4 Å². The van der Waals surface area contributed by atoms with E-state index in [4.69, 9.17) is 16.3 Å². The van der Waals surface area contributed by atoms with Crippen LogP contribution in [0.5, 0.6) is 5.75 Å². The highest BCUT2D eigenvalue weighted by molar-refractivity contribution is 9.10. The number of sulfonamides is 1. The number of ether oxygens (including phenoxy) is 1. The van der Waals surface area contributed by atoms with Crippen LogP contribution in [0.2, 0.25) is 5.02 Å². The summed E-state index contributed by atoms with van der Waals surface area (Å²) in [7, 11) is -3.95. The van der Waals surface area contributed by atoms with Crippen LogP contribution in [0, 0.1) is 6.92 Å². The fourth-order valence-corrected chi connectivity index (χ4v) is 5.17. The number of nitrogens with zero attached hydrogens (tertiary/aromatic N) is 1. The fourth-order valence-electron chi connectivity index (χ4n) is 3.13. The van der Waals surface area contributed by atoms with E-state index in [1.165, 1.54) is 18.2 Å². The first-order valence-electron chi connectivity index (χ1n) is 10.4. The first-order valence-corrected chi connectivity index (χ1v) is 13.8. The molecule has 0 unspecified atom stereocenters. The molecule has 3 aromatic rings. The van der Waals surface area contributed by atoms with E-state index in [9.17, 15) is 13.2 Å². The molecule has 0 aliphatic carbocycles. The Bertz CT molecular complexity index is 1280. The maximum Gasteiger partial charge on any atom is 0.261 e. The van der Waals surface area contributed by atoms with E-state index >= 15 is 0 Å². The molecule has 0 atom stereocenters. The molecule has 0 aromatic heterocycles. The number of likely N-dealkylation sites (N-methyl/N-ethyl adjacent to an activating group) is 1. The highest BCUT2D eigenvalue weighted by Crippen LogP contribution is 2.28. The van der Waals surface area contributed by atoms with Crippen LogP contribution >= 0.6 is 43.5 Å². The van der Waals surface area contributed by atoms with E-state index in [1.807, 2.05) is 44.2 Å². The van der Waals surface area contributed by atoms with Crippen LogP contribution < -0.4 is 9.46 Å². The molecule has 0 saturated carbocycles. The number of amides is 1. The zero-order valence-corrected chi connectivity index (χ0v) is 23.3. The van der Waals surface area contributed by atoms with Gasteiger partial charge < -0.3 is 9.64 Å². The Morgan fingerprint density at radius 1 is 1.06 bits per heavy atom. The van der Waals surface area contributed by atoms with Crippen molar-refractivity contribution in [1.82, 2.24) is 4.90 Å². The molecule has 1 amide bonds. The average Bonchev–Trinajstić information content (AvgIpc) is 2.80. The molecular weight excluding hydrogens is 608 g/mol. The maximum atomic E-state index is 13.2. The second-order valence-corrected chi connectivity index (χ2v) is 11.3. The van der Waals surface area contributed by atoms with Crippen molar-refractivity contribution < 1.29 is 17.9 Å². The number of halogens is 3. The zero-order valence-electron chi connectivity index (χ0n) is 18.5. The Morgan fingerprint density at radius 3 is 2.44 bits per heavy atom. The number of benzene rings is 3. The molecule has 3 rings (SSSR count). The van der Waals surface area contributed by atoms with Gasteiger partial charge in [0.2, 0.25) is 0 Å². The number of hydrogen-bond acceptors (Lipinski definition) is 4. The number of nitrogens with one attached hydrogen (secondary N) is 1. The monoisotopic (exact) mass is 628 g/mol. The van der Waals surface area contributed by atoms with Crippen LogP contribution in [0.15, 0.2) is 74.5 Å². The summed E-state index contributed by atoms with van der Waals surface area (Å²) in [6.07, 6.45) is 0. The van der Waals surface area contributed by atoms with Crippen LogP contribution in [0.25, 0.3) is 0 Å². The Balaban J connectivity index is 1.77. The molecule has 0 fully saturated rings. The van der Waals surface area contributed by atoms with Crippen molar-refractivity contribution >= 4 is 65.1 Å². The SMILES string of the molecule is CCN(CCOc1ccc(Br)cc1)C(=O)c1cc(S(=O)(=O)Nc2cc(C)ccc2Br)ccc1Cl. The van der Waals surface area contributed by atoms with E-state index in [0.717, 1.165) is 10.0 Å². The topological polar surface area (TPSA) is 75.7 Å². The van der Waals surface area contributed by atoms with E-state index in [0.29, 0.717) is 29.0 Å². The average molecular weight is 631 g/mol. The van der Waals surface area contributed by atoms with Gasteiger partial charge in [-0.05, 0) is 89.9 Å². The molecule has 6 nitrogen and oxygen atoms in total. The lowest BCUT2D eigenvalue weighted by atomic mass is 10.2. The number of aryl methyl sites for hydroxylation is 1. The highest BCUT2D eigenvalue weighted by Gasteiger charge is 2.22. The minimum absolute atomic E-state index is 0.0594. The predicted octanol–water partition coefficient (Wildman–Crippen LogP) is 6.52. The molecular formula is C24H23Br2ClN2O4S. The molecule has 0 heterocycles. The van der Waals surface area contributed by atoms with Crippen LogP contribution in [-0.2, 0) is 10.0 Å². The molecule has 0 bridgehead atoms. The molecule has 0 saturated heterocycles. The largest absolute Gasteiger partial charge is 0.492 e. The summed E-state index contributed by atoms with van der Waals surface area (Å²) in [5, 5.41) is 0.174. The summed E-state index contributed by atoms with van der Waals surface area (Å²) in [5.74, 6) is 0.312. The van der Waals surface area contributed by atoms with Gasteiger partial charge in [-0.1, -0.05) is 33.6 Å². The fraction of sp³-hybridized carbons (Fsp3) is 0.208. The van der Waals surface area contributed by atoms with Crippen LogP contribution in [-0.4, -0.2) is 38.9 Å². The Hall–Kier alpha value is -2.07. The van der Waals surface area contributed by atoms with Gasteiger partial charge in [0.05, 0.1) is 27.7 Å². The summed E-state index contributed by atoms with van der Waals surface area (Å²) >= 11 is 13.0. The first kappa shape index (κ1) is 26.5. The highest BCUT2D eigenvalue weighted by atomic mass is 79.9. The third-order valence-electron chi connectivity index (χ3n) is 4.96. The van der Waals surface area contributed by atoms with Crippen molar-refractivity contribution in [2.24, 2.45) is 0 Å². The number of carbonyl (C=O) groups is 1. The van der Waals surface area contributed by atoms with Gasteiger partial charge in [-0.3, -0.25) is 9.52 Å². The van der Waals surface area contributed by atoms with Crippen molar-refractivity contribution in [2.45, 2.75) is 18.7 Å². The normalized spacial score (nSPS) is 11.2. The molecule has 0 radical (unpaired) electrons. The molecule has 3 aromatic carbocycles. The molecule has 180 valence electrons. The number of carbonyl (C=O) groups excluding carboxylic acids is 1. The number of anilines is 1. The van der Waals surface area contributed by atoms with Crippen molar-refractivity contribution in [3.63, 3.8) is 0 Å². The van der Waals surface area contributed by atoms with E-state index in [1.54, 1.807) is 17.0 Å². The Labute approximate surface area is 221 Å². The third kappa shape index (κ3) is 6.75. The molecule has 1 N–H and O–H groups in total. The molecule has 34 heavy (non-hydrogen) atoms. The maximum absolute atomic E-state index is 13.2. The molecule has 10 heteroatoms. The van der Waals surface area contributed by atoms with Gasteiger partial charge in [0.15, 0.2) is 0 Å².